The number of nitrogens with zero attached hydrogens (tertiary/aromatic N) is 3. The zero-order valence-electron chi connectivity index (χ0n) is 9.55. The number of aryl methyl sites for hydroxylation is 1. The van der Waals surface area contributed by atoms with E-state index in [4.69, 9.17) is 0 Å². The van der Waals surface area contributed by atoms with E-state index in [0.29, 0.717) is 6.04 Å². The quantitative estimate of drug-likeness (QED) is 0.863. The molecule has 0 aromatic carbocycles. The van der Waals surface area contributed by atoms with Crippen LogP contribution >= 0.6 is 11.3 Å². The molecule has 0 fully saturated rings. The van der Waals surface area contributed by atoms with Crippen molar-refractivity contribution in [2.75, 3.05) is 6.54 Å². The largest absolute Gasteiger partial charge is 0.307 e. The second kappa shape index (κ2) is 5.23. The molecule has 0 radical (unpaired) electrons. The molecule has 2 aromatic rings. The first-order valence-corrected chi connectivity index (χ1v) is 6.30. The lowest BCUT2D eigenvalue weighted by molar-refractivity contribution is 0.502. The lowest BCUT2D eigenvalue weighted by Gasteiger charge is -2.11. The molecule has 0 aliphatic heterocycles. The molecule has 0 aliphatic rings. The first kappa shape index (κ1) is 11.3. The van der Waals surface area contributed by atoms with E-state index in [9.17, 15) is 0 Å². The predicted octanol–water partition coefficient (Wildman–Crippen LogP) is 2.00. The van der Waals surface area contributed by atoms with Crippen LogP contribution in [0.15, 0.2) is 23.3 Å². The molecule has 1 N–H and O–H groups in total. The van der Waals surface area contributed by atoms with E-state index < -0.39 is 0 Å². The first-order chi connectivity index (χ1) is 7.75. The highest BCUT2D eigenvalue weighted by molar-refractivity contribution is 7.07. The Bertz CT molecular complexity index is 421. The molecule has 86 valence electrons. The minimum Gasteiger partial charge on any atom is -0.307 e. The molecule has 2 heterocycles. The number of hydrogen-bond acceptors (Lipinski definition) is 4. The van der Waals surface area contributed by atoms with Crippen LogP contribution in [-0.4, -0.2) is 21.3 Å². The van der Waals surface area contributed by atoms with Gasteiger partial charge in [0.05, 0.1) is 23.9 Å². The van der Waals surface area contributed by atoms with Gasteiger partial charge in [0.2, 0.25) is 0 Å². The van der Waals surface area contributed by atoms with Crippen LogP contribution in [0.4, 0.5) is 0 Å². The zero-order valence-corrected chi connectivity index (χ0v) is 10.4. The minimum absolute atomic E-state index is 0.308. The molecule has 4 nitrogen and oxygen atoms in total. The fourth-order valence-electron chi connectivity index (χ4n) is 1.53. The van der Waals surface area contributed by atoms with Crippen LogP contribution in [0.1, 0.15) is 24.2 Å². The highest BCUT2D eigenvalue weighted by atomic mass is 32.1. The Kier molecular flexibility index (Phi) is 3.69. The van der Waals surface area contributed by atoms with Crippen LogP contribution in [0, 0.1) is 6.92 Å². The lowest BCUT2D eigenvalue weighted by Crippen LogP contribution is -2.23. The van der Waals surface area contributed by atoms with Gasteiger partial charge in [-0.25, -0.2) is 4.98 Å². The zero-order chi connectivity index (χ0) is 11.4. The van der Waals surface area contributed by atoms with Crippen LogP contribution in [0.5, 0.6) is 0 Å². The first-order valence-electron chi connectivity index (χ1n) is 5.36. The van der Waals surface area contributed by atoms with Crippen molar-refractivity contribution in [3.63, 3.8) is 0 Å². The maximum atomic E-state index is 4.28. The summed E-state index contributed by atoms with van der Waals surface area (Å²) >= 11 is 1.63. The molecule has 0 bridgehead atoms. The number of hydrogen-bond donors (Lipinski definition) is 1. The summed E-state index contributed by atoms with van der Waals surface area (Å²) in [5, 5.41) is 9.74. The Morgan fingerprint density at radius 2 is 2.44 bits per heavy atom. The van der Waals surface area contributed by atoms with Gasteiger partial charge < -0.3 is 5.32 Å². The molecule has 5 heteroatoms. The molecule has 0 amide bonds. The second-order valence-corrected chi connectivity index (χ2v) is 4.59. The van der Waals surface area contributed by atoms with Crippen molar-refractivity contribution in [2.24, 2.45) is 0 Å². The third-order valence-electron chi connectivity index (χ3n) is 2.45. The van der Waals surface area contributed by atoms with Crippen LogP contribution in [0.25, 0.3) is 0 Å². The van der Waals surface area contributed by atoms with Crippen molar-refractivity contribution >= 4 is 11.3 Å². The van der Waals surface area contributed by atoms with E-state index in [1.165, 1.54) is 5.56 Å². The van der Waals surface area contributed by atoms with Crippen molar-refractivity contribution in [2.45, 2.75) is 26.4 Å². The third kappa shape index (κ3) is 2.90. The van der Waals surface area contributed by atoms with Crippen molar-refractivity contribution in [3.8, 4) is 0 Å². The predicted molar refractivity (Wildman–Crippen MR) is 65.5 cm³/mol. The summed E-state index contributed by atoms with van der Waals surface area (Å²) in [6, 6.07) is 0.308. The molecule has 2 rings (SSSR count). The van der Waals surface area contributed by atoms with Gasteiger partial charge in [0, 0.05) is 24.2 Å². The number of rotatable bonds is 5. The maximum absolute atomic E-state index is 4.28. The van der Waals surface area contributed by atoms with Crippen LogP contribution < -0.4 is 5.32 Å². The Morgan fingerprint density at radius 1 is 1.56 bits per heavy atom. The molecule has 0 aliphatic carbocycles. The van der Waals surface area contributed by atoms with Gasteiger partial charge in [-0.1, -0.05) is 0 Å². The summed E-state index contributed by atoms with van der Waals surface area (Å²) in [5.41, 5.74) is 4.18. The summed E-state index contributed by atoms with van der Waals surface area (Å²) < 4.78 is 1.95. The Morgan fingerprint density at radius 3 is 3.06 bits per heavy atom. The van der Waals surface area contributed by atoms with E-state index in [1.54, 1.807) is 11.3 Å². The summed E-state index contributed by atoms with van der Waals surface area (Å²) in [4.78, 5) is 4.28. The van der Waals surface area contributed by atoms with E-state index in [1.807, 2.05) is 16.4 Å². The van der Waals surface area contributed by atoms with Gasteiger partial charge in [-0.05, 0) is 19.4 Å². The van der Waals surface area contributed by atoms with E-state index in [2.05, 4.69) is 40.8 Å². The van der Waals surface area contributed by atoms with Gasteiger partial charge in [0.15, 0.2) is 0 Å². The number of thiazole rings is 1. The molecule has 0 saturated heterocycles. The van der Waals surface area contributed by atoms with Crippen molar-refractivity contribution in [3.05, 3.63) is 34.5 Å². The fourth-order valence-corrected chi connectivity index (χ4v) is 2.17. The fraction of sp³-hybridized carbons (Fsp3) is 0.455. The summed E-state index contributed by atoms with van der Waals surface area (Å²) in [6.45, 7) is 5.97. The molecule has 1 atom stereocenters. The van der Waals surface area contributed by atoms with Gasteiger partial charge >= 0.3 is 0 Å². The SMILES string of the molecule is Cc1cnn(CCNC(C)c2cscn2)c1. The maximum Gasteiger partial charge on any atom is 0.0795 e. The molecular weight excluding hydrogens is 220 g/mol. The van der Waals surface area contributed by atoms with Gasteiger partial charge in [-0.15, -0.1) is 11.3 Å². The van der Waals surface area contributed by atoms with Crippen LogP contribution in [0.3, 0.4) is 0 Å². The molecular formula is C11H16N4S. The van der Waals surface area contributed by atoms with Crippen LogP contribution in [0.2, 0.25) is 0 Å². The topological polar surface area (TPSA) is 42.7 Å². The summed E-state index contributed by atoms with van der Waals surface area (Å²) in [5.74, 6) is 0. The number of nitrogens with one attached hydrogen (secondary N) is 1. The standard InChI is InChI=1S/C11H16N4S/c1-9-5-14-15(6-9)4-3-12-10(2)11-7-16-8-13-11/h5-8,10,12H,3-4H2,1-2H3. The minimum atomic E-state index is 0.308. The van der Waals surface area contributed by atoms with Crippen LogP contribution in [-0.2, 0) is 6.54 Å². The normalized spacial score (nSPS) is 12.9. The van der Waals surface area contributed by atoms with Crippen molar-refractivity contribution in [1.82, 2.24) is 20.1 Å². The lowest BCUT2D eigenvalue weighted by atomic mass is 10.2. The molecule has 0 spiro atoms. The monoisotopic (exact) mass is 236 g/mol. The van der Waals surface area contributed by atoms with Crippen molar-refractivity contribution < 1.29 is 0 Å². The van der Waals surface area contributed by atoms with Gasteiger partial charge in [-0.2, -0.15) is 5.10 Å². The summed E-state index contributed by atoms with van der Waals surface area (Å²) in [7, 11) is 0. The average Bonchev–Trinajstić information content (AvgIpc) is 2.89. The van der Waals surface area contributed by atoms with Gasteiger partial charge in [-0.3, -0.25) is 4.68 Å². The second-order valence-electron chi connectivity index (χ2n) is 3.87. The number of aromatic nitrogens is 3. The van der Waals surface area contributed by atoms with E-state index >= 15 is 0 Å². The molecule has 1 unspecified atom stereocenters. The van der Waals surface area contributed by atoms with Crippen molar-refractivity contribution in [1.29, 1.82) is 0 Å². The highest BCUT2D eigenvalue weighted by Crippen LogP contribution is 2.11. The van der Waals surface area contributed by atoms with E-state index in [-0.39, 0.29) is 0 Å². The van der Waals surface area contributed by atoms with Gasteiger partial charge in [0.1, 0.15) is 0 Å². The smallest absolute Gasteiger partial charge is 0.0795 e. The molecule has 0 saturated carbocycles. The molecule has 16 heavy (non-hydrogen) atoms. The average molecular weight is 236 g/mol. The van der Waals surface area contributed by atoms with Gasteiger partial charge in [0.25, 0.3) is 0 Å². The Hall–Kier alpha value is -1.20. The Labute approximate surface area is 99.3 Å². The highest BCUT2D eigenvalue weighted by Gasteiger charge is 2.05. The molecule has 2 aromatic heterocycles. The summed E-state index contributed by atoms with van der Waals surface area (Å²) in [6.07, 6.45) is 3.93. The third-order valence-corrected chi connectivity index (χ3v) is 3.05. The Balaban J connectivity index is 1.76. The van der Waals surface area contributed by atoms with E-state index in [0.717, 1.165) is 18.8 Å².